The third-order valence-corrected chi connectivity index (χ3v) is 3.53. The first-order chi connectivity index (χ1) is 7.36. The van der Waals surface area contributed by atoms with Crippen LogP contribution in [0.5, 0.6) is 0 Å². The summed E-state index contributed by atoms with van der Waals surface area (Å²) in [5.41, 5.74) is 0. The number of benzene rings is 1. The molecule has 0 radical (unpaired) electrons. The summed E-state index contributed by atoms with van der Waals surface area (Å²) < 4.78 is 40.5. The van der Waals surface area contributed by atoms with Gasteiger partial charge in [0.25, 0.3) is 0 Å². The van der Waals surface area contributed by atoms with Crippen LogP contribution in [0.15, 0.2) is 35.3 Å². The first-order valence-electron chi connectivity index (χ1n) is 4.51. The predicted octanol–water partition coefficient (Wildman–Crippen LogP) is 3.79. The number of rotatable bonds is 0. The van der Waals surface area contributed by atoms with Crippen molar-refractivity contribution >= 4 is 32.5 Å². The Morgan fingerprint density at radius 2 is 1.50 bits per heavy atom. The van der Waals surface area contributed by atoms with Gasteiger partial charge in [-0.3, -0.25) is 0 Å². The first-order valence-corrected chi connectivity index (χ1v) is 6.35. The third kappa shape index (κ3) is 5.28. The molecule has 0 saturated carbocycles. The fourth-order valence-corrected chi connectivity index (χ4v) is 2.68. The molecule has 2 aromatic rings. The smallest absolute Gasteiger partial charge is 0.418 e. The zero-order valence-corrected chi connectivity index (χ0v) is 10.2. The Hall–Kier alpha value is -0.866. The van der Waals surface area contributed by atoms with Crippen LogP contribution in [-0.2, 0) is 0 Å². The predicted molar refractivity (Wildman–Crippen MR) is 60.2 cm³/mol. The quantitative estimate of drug-likeness (QED) is 0.512. The van der Waals surface area contributed by atoms with Crippen LogP contribution in [0, 0.1) is 6.92 Å². The van der Waals surface area contributed by atoms with Crippen molar-refractivity contribution in [3.63, 3.8) is 0 Å². The number of fused-ring (bicyclic) bond motifs is 1. The van der Waals surface area contributed by atoms with Crippen molar-refractivity contribution in [2.45, 2.75) is 6.92 Å². The van der Waals surface area contributed by atoms with E-state index in [0.717, 1.165) is 0 Å². The van der Waals surface area contributed by atoms with Crippen LogP contribution in [0.3, 0.4) is 0 Å². The average Bonchev–Trinajstić information content (AvgIpc) is 2.15. The molecule has 1 aromatic heterocycles. The zero-order valence-electron chi connectivity index (χ0n) is 8.46. The van der Waals surface area contributed by atoms with Gasteiger partial charge in [-0.25, -0.2) is 0 Å². The molecule has 0 amide bonds. The minimum Gasteiger partial charge on any atom is -0.418 e. The summed E-state index contributed by atoms with van der Waals surface area (Å²) in [5.74, 6) is 0. The van der Waals surface area contributed by atoms with Crippen LogP contribution in [0.2, 0.25) is 0 Å². The summed E-state index contributed by atoms with van der Waals surface area (Å²) in [5, 5.41) is 2.77. The topological polar surface area (TPSA) is 0 Å². The van der Waals surface area contributed by atoms with E-state index in [2.05, 4.69) is 42.2 Å². The molecule has 0 atom stereocenters. The van der Waals surface area contributed by atoms with Crippen LogP contribution >= 0.6 is 0 Å². The molecule has 0 aliphatic rings. The Kier molecular flexibility index (Phi) is 4.50. The maximum Gasteiger partial charge on any atom is 0.673 e. The normalized spacial score (nSPS) is 10.8. The van der Waals surface area contributed by atoms with Crippen LogP contribution < -0.4 is 0 Å². The van der Waals surface area contributed by atoms with E-state index >= 15 is 0 Å². The van der Waals surface area contributed by atoms with Gasteiger partial charge in [-0.2, -0.15) is 0 Å². The molecular weight excluding hydrogens is 286 g/mol. The Bertz CT molecular complexity index is 464. The van der Waals surface area contributed by atoms with Gasteiger partial charge < -0.3 is 17.3 Å². The molecular formula is C10H9BF4Se. The second-order valence-electron chi connectivity index (χ2n) is 3.11. The van der Waals surface area contributed by atoms with Crippen LogP contribution in [-0.4, -0.2) is 21.8 Å². The van der Waals surface area contributed by atoms with E-state index in [1.807, 2.05) is 0 Å². The standard InChI is InChI=1S/C10H9Se.BF4/c1-8-6-9-4-2-3-5-10(9)7-11-8;2-1(3,4)5/h2-7H,1H3;/q+1;-1. The van der Waals surface area contributed by atoms with Crippen molar-refractivity contribution in [1.82, 2.24) is 0 Å². The Labute approximate surface area is 96.8 Å². The zero-order chi connectivity index (χ0) is 12.2. The minimum absolute atomic E-state index is 0.592. The Morgan fingerprint density at radius 1 is 1.00 bits per heavy atom. The second-order valence-corrected chi connectivity index (χ2v) is 5.45. The molecule has 1 heterocycles. The number of hydrogen-bond donors (Lipinski definition) is 0. The van der Waals surface area contributed by atoms with Gasteiger partial charge >= 0.3 is 79.2 Å². The summed E-state index contributed by atoms with van der Waals surface area (Å²) in [4.78, 5) is 2.34. The molecule has 0 aliphatic heterocycles. The molecule has 16 heavy (non-hydrogen) atoms. The van der Waals surface area contributed by atoms with Crippen molar-refractivity contribution in [2.75, 3.05) is 0 Å². The van der Waals surface area contributed by atoms with E-state index in [9.17, 15) is 17.3 Å². The van der Waals surface area contributed by atoms with Crippen molar-refractivity contribution < 1.29 is 17.3 Å². The van der Waals surface area contributed by atoms with Crippen molar-refractivity contribution in [2.24, 2.45) is 0 Å². The van der Waals surface area contributed by atoms with Gasteiger partial charge in [-0.05, 0) is 0 Å². The molecule has 0 fully saturated rings. The SMILES string of the molecule is Cc1cc2ccccc2c[se+]1.F[B-](F)(F)F. The number of hydrogen-bond acceptors (Lipinski definition) is 0. The van der Waals surface area contributed by atoms with Gasteiger partial charge in [0.15, 0.2) is 0 Å². The molecule has 1 aromatic carbocycles. The Morgan fingerprint density at radius 3 is 2.06 bits per heavy atom. The fourth-order valence-electron chi connectivity index (χ4n) is 1.16. The Balaban J connectivity index is 0.000000221. The maximum absolute atomic E-state index is 9.75. The minimum atomic E-state index is -6.00. The van der Waals surface area contributed by atoms with Gasteiger partial charge in [-0.15, -0.1) is 0 Å². The molecule has 0 bridgehead atoms. The van der Waals surface area contributed by atoms with Gasteiger partial charge in [0, 0.05) is 0 Å². The van der Waals surface area contributed by atoms with Crippen LogP contribution in [0.4, 0.5) is 17.3 Å². The van der Waals surface area contributed by atoms with Crippen molar-refractivity contribution in [3.05, 3.63) is 39.7 Å². The number of halogens is 4. The van der Waals surface area contributed by atoms with Crippen LogP contribution in [0.1, 0.15) is 4.44 Å². The molecule has 0 aliphatic carbocycles. The monoisotopic (exact) mass is 296 g/mol. The second kappa shape index (κ2) is 5.46. The van der Waals surface area contributed by atoms with Crippen LogP contribution in [0.25, 0.3) is 10.8 Å². The summed E-state index contributed by atoms with van der Waals surface area (Å²) >= 11 is 0.592. The molecule has 0 nitrogen and oxygen atoms in total. The van der Waals surface area contributed by atoms with Gasteiger partial charge in [0.1, 0.15) is 0 Å². The summed E-state index contributed by atoms with van der Waals surface area (Å²) in [6.45, 7) is 2.20. The molecule has 2 rings (SSSR count). The summed E-state index contributed by atoms with van der Waals surface area (Å²) in [7, 11) is -6.00. The van der Waals surface area contributed by atoms with Gasteiger partial charge in [0.05, 0.1) is 0 Å². The summed E-state index contributed by atoms with van der Waals surface area (Å²) in [6, 6.07) is 10.8. The third-order valence-electron chi connectivity index (χ3n) is 1.73. The molecule has 86 valence electrons. The maximum atomic E-state index is 9.75. The average molecular weight is 295 g/mol. The van der Waals surface area contributed by atoms with Gasteiger partial charge in [-0.1, -0.05) is 0 Å². The van der Waals surface area contributed by atoms with E-state index < -0.39 is 7.25 Å². The van der Waals surface area contributed by atoms with E-state index in [0.29, 0.717) is 14.5 Å². The largest absolute Gasteiger partial charge is 0.673 e. The first kappa shape index (κ1) is 13.2. The van der Waals surface area contributed by atoms with E-state index in [1.165, 1.54) is 15.2 Å². The number of aryl methyl sites for hydroxylation is 1. The molecule has 0 saturated heterocycles. The molecule has 6 heteroatoms. The molecule has 0 N–H and O–H groups in total. The van der Waals surface area contributed by atoms with Crippen molar-refractivity contribution in [3.8, 4) is 0 Å². The van der Waals surface area contributed by atoms with Crippen molar-refractivity contribution in [1.29, 1.82) is 0 Å². The molecule has 0 unspecified atom stereocenters. The van der Waals surface area contributed by atoms with E-state index in [1.54, 1.807) is 0 Å². The summed E-state index contributed by atoms with van der Waals surface area (Å²) in [6.07, 6.45) is 0. The fraction of sp³-hybridized carbons (Fsp3) is 0.100. The van der Waals surface area contributed by atoms with E-state index in [4.69, 9.17) is 0 Å². The van der Waals surface area contributed by atoms with E-state index in [-0.39, 0.29) is 0 Å². The van der Waals surface area contributed by atoms with Gasteiger partial charge in [0.2, 0.25) is 0 Å². The molecule has 0 spiro atoms.